The van der Waals surface area contributed by atoms with Crippen LogP contribution in [0.3, 0.4) is 0 Å². The lowest BCUT2D eigenvalue weighted by atomic mass is 10.0. The van der Waals surface area contributed by atoms with Crippen molar-refractivity contribution in [2.24, 2.45) is 0 Å². The van der Waals surface area contributed by atoms with Crippen molar-refractivity contribution in [3.05, 3.63) is 64.8 Å². The van der Waals surface area contributed by atoms with Gasteiger partial charge in [-0.05, 0) is 37.3 Å². The molecule has 0 saturated carbocycles. The summed E-state index contributed by atoms with van der Waals surface area (Å²) < 4.78 is 0. The number of nitrogens with zero attached hydrogens (tertiary/aromatic N) is 1. The van der Waals surface area contributed by atoms with E-state index >= 15 is 0 Å². The van der Waals surface area contributed by atoms with Crippen LogP contribution in [0.25, 0.3) is 10.9 Å². The molecule has 1 aromatic heterocycles. The molecule has 0 radical (unpaired) electrons. The van der Waals surface area contributed by atoms with Crippen LogP contribution in [0, 0.1) is 0 Å². The average Bonchev–Trinajstić information content (AvgIpc) is 3.01. The van der Waals surface area contributed by atoms with E-state index in [0.717, 1.165) is 23.4 Å². The van der Waals surface area contributed by atoms with Gasteiger partial charge < -0.3 is 9.88 Å². The number of hydrogen-bond donors (Lipinski definition) is 1. The predicted octanol–water partition coefficient (Wildman–Crippen LogP) is 4.89. The Bertz CT molecular complexity index is 919. The molecule has 3 nitrogen and oxygen atoms in total. The zero-order valence-electron chi connectivity index (χ0n) is 14.0. The van der Waals surface area contributed by atoms with E-state index < -0.39 is 0 Å². The topological polar surface area (TPSA) is 36.1 Å². The standard InChI is InChI=1S/C20H19ClN2OS/c1-13(25-15-8-6-14(21)7-9-15)20(24)23-11-10-19-17(12-23)16-4-2-3-5-18(16)22-19/h2-9,13,22H,10-12H2,1H3/t13-/m0/s1. The molecule has 128 valence electrons. The van der Waals surface area contributed by atoms with E-state index in [4.69, 9.17) is 11.6 Å². The van der Waals surface area contributed by atoms with Crippen LogP contribution in [-0.2, 0) is 17.8 Å². The SMILES string of the molecule is C[C@H](Sc1ccc(Cl)cc1)C(=O)N1CCc2[nH]c3ccccc3c2C1. The van der Waals surface area contributed by atoms with Crippen LogP contribution in [0.2, 0.25) is 5.02 Å². The molecule has 2 aromatic carbocycles. The molecule has 1 aliphatic rings. The number of hydrogen-bond acceptors (Lipinski definition) is 2. The van der Waals surface area contributed by atoms with E-state index in [2.05, 4.69) is 23.2 Å². The Morgan fingerprint density at radius 2 is 1.96 bits per heavy atom. The fourth-order valence-electron chi connectivity index (χ4n) is 3.38. The molecule has 0 fully saturated rings. The summed E-state index contributed by atoms with van der Waals surface area (Å²) in [4.78, 5) is 19.4. The number of aromatic nitrogens is 1. The summed E-state index contributed by atoms with van der Waals surface area (Å²) in [5.41, 5.74) is 3.69. The number of amides is 1. The summed E-state index contributed by atoms with van der Waals surface area (Å²) in [5.74, 6) is 0.191. The second-order valence-electron chi connectivity index (χ2n) is 6.35. The van der Waals surface area contributed by atoms with Gasteiger partial charge in [0.2, 0.25) is 5.91 Å². The molecule has 0 spiro atoms. The fraction of sp³-hybridized carbons (Fsp3) is 0.250. The van der Waals surface area contributed by atoms with Gasteiger partial charge in [0, 0.05) is 51.6 Å². The molecule has 4 rings (SSSR count). The maximum atomic E-state index is 12.9. The average molecular weight is 371 g/mol. The fourth-order valence-corrected chi connectivity index (χ4v) is 4.46. The molecular formula is C20H19ClN2OS. The minimum atomic E-state index is -0.118. The third-order valence-electron chi connectivity index (χ3n) is 4.67. The molecule has 1 N–H and O–H groups in total. The quantitative estimate of drug-likeness (QED) is 0.666. The van der Waals surface area contributed by atoms with E-state index in [0.29, 0.717) is 11.6 Å². The number of fused-ring (bicyclic) bond motifs is 3. The molecule has 5 heteroatoms. The van der Waals surface area contributed by atoms with Gasteiger partial charge in [0.25, 0.3) is 0 Å². The van der Waals surface area contributed by atoms with Crippen LogP contribution in [0.15, 0.2) is 53.4 Å². The van der Waals surface area contributed by atoms with Gasteiger partial charge in [0.15, 0.2) is 0 Å². The van der Waals surface area contributed by atoms with Crippen molar-refractivity contribution in [1.82, 2.24) is 9.88 Å². The first-order chi connectivity index (χ1) is 12.1. The zero-order chi connectivity index (χ0) is 17.4. The van der Waals surface area contributed by atoms with E-state index in [1.807, 2.05) is 42.2 Å². The number of benzene rings is 2. The van der Waals surface area contributed by atoms with Gasteiger partial charge in [0.05, 0.1) is 5.25 Å². The Hall–Kier alpha value is -1.91. The van der Waals surface area contributed by atoms with Crippen LogP contribution < -0.4 is 0 Å². The van der Waals surface area contributed by atoms with Crippen molar-refractivity contribution < 1.29 is 4.79 Å². The minimum Gasteiger partial charge on any atom is -0.358 e. The normalized spacial score (nSPS) is 15.2. The Labute approximate surface area is 156 Å². The second-order valence-corrected chi connectivity index (χ2v) is 8.20. The first kappa shape index (κ1) is 16.6. The number of aromatic amines is 1. The highest BCUT2D eigenvalue weighted by Gasteiger charge is 2.27. The molecule has 25 heavy (non-hydrogen) atoms. The monoisotopic (exact) mass is 370 g/mol. The Balaban J connectivity index is 1.50. The number of H-pyrrole nitrogens is 1. The first-order valence-corrected chi connectivity index (χ1v) is 9.67. The third kappa shape index (κ3) is 3.29. The van der Waals surface area contributed by atoms with Gasteiger partial charge in [0.1, 0.15) is 0 Å². The molecule has 1 atom stereocenters. The van der Waals surface area contributed by atoms with Crippen LogP contribution in [0.1, 0.15) is 18.2 Å². The van der Waals surface area contributed by atoms with Crippen molar-refractivity contribution in [3.8, 4) is 0 Å². The highest BCUT2D eigenvalue weighted by atomic mass is 35.5. The number of para-hydroxylation sites is 1. The van der Waals surface area contributed by atoms with Crippen LogP contribution >= 0.6 is 23.4 Å². The van der Waals surface area contributed by atoms with Crippen molar-refractivity contribution >= 4 is 40.2 Å². The molecule has 0 unspecified atom stereocenters. The third-order valence-corrected chi connectivity index (χ3v) is 6.02. The zero-order valence-corrected chi connectivity index (χ0v) is 15.5. The van der Waals surface area contributed by atoms with Gasteiger partial charge in [-0.2, -0.15) is 0 Å². The second kappa shape index (κ2) is 6.77. The molecule has 0 saturated heterocycles. The van der Waals surface area contributed by atoms with Gasteiger partial charge in [-0.25, -0.2) is 0 Å². The Morgan fingerprint density at radius 3 is 2.76 bits per heavy atom. The number of nitrogens with one attached hydrogen (secondary N) is 1. The summed E-state index contributed by atoms with van der Waals surface area (Å²) in [6.07, 6.45) is 0.883. The van der Waals surface area contributed by atoms with Crippen LogP contribution in [0.4, 0.5) is 0 Å². The number of thioether (sulfide) groups is 1. The molecule has 1 aliphatic heterocycles. The minimum absolute atomic E-state index is 0.118. The van der Waals surface area contributed by atoms with Gasteiger partial charge >= 0.3 is 0 Å². The number of carbonyl (C=O) groups excluding carboxylic acids is 1. The Kier molecular flexibility index (Phi) is 4.48. The predicted molar refractivity (Wildman–Crippen MR) is 104 cm³/mol. The maximum Gasteiger partial charge on any atom is 0.236 e. The first-order valence-electron chi connectivity index (χ1n) is 8.41. The molecule has 0 bridgehead atoms. The lowest BCUT2D eigenvalue weighted by molar-refractivity contribution is -0.131. The maximum absolute atomic E-state index is 12.9. The summed E-state index contributed by atoms with van der Waals surface area (Å²) >= 11 is 7.51. The van der Waals surface area contributed by atoms with Crippen molar-refractivity contribution in [1.29, 1.82) is 0 Å². The summed E-state index contributed by atoms with van der Waals surface area (Å²) in [7, 11) is 0. The highest BCUT2D eigenvalue weighted by molar-refractivity contribution is 8.00. The van der Waals surface area contributed by atoms with E-state index in [9.17, 15) is 4.79 Å². The lowest BCUT2D eigenvalue weighted by Crippen LogP contribution is -2.40. The van der Waals surface area contributed by atoms with Gasteiger partial charge in [-0.3, -0.25) is 4.79 Å². The smallest absolute Gasteiger partial charge is 0.236 e. The van der Waals surface area contributed by atoms with Crippen LogP contribution in [0.5, 0.6) is 0 Å². The molecule has 1 amide bonds. The Morgan fingerprint density at radius 1 is 1.20 bits per heavy atom. The van der Waals surface area contributed by atoms with Crippen molar-refractivity contribution in [2.45, 2.75) is 30.0 Å². The molecular weight excluding hydrogens is 352 g/mol. The summed E-state index contributed by atoms with van der Waals surface area (Å²) in [6.45, 7) is 3.43. The molecule has 3 aromatic rings. The number of rotatable bonds is 3. The summed E-state index contributed by atoms with van der Waals surface area (Å²) in [6, 6.07) is 16.0. The highest BCUT2D eigenvalue weighted by Crippen LogP contribution is 2.30. The van der Waals surface area contributed by atoms with Crippen LogP contribution in [-0.4, -0.2) is 27.6 Å². The lowest BCUT2D eigenvalue weighted by Gasteiger charge is -2.29. The summed E-state index contributed by atoms with van der Waals surface area (Å²) in [5, 5.41) is 1.83. The van der Waals surface area contributed by atoms with E-state index in [1.165, 1.54) is 16.6 Å². The van der Waals surface area contributed by atoms with Crippen molar-refractivity contribution in [2.75, 3.05) is 6.54 Å². The largest absolute Gasteiger partial charge is 0.358 e. The van der Waals surface area contributed by atoms with E-state index in [1.54, 1.807) is 11.8 Å². The number of carbonyl (C=O) groups is 1. The van der Waals surface area contributed by atoms with Crippen molar-refractivity contribution in [3.63, 3.8) is 0 Å². The molecule has 0 aliphatic carbocycles. The number of halogens is 1. The van der Waals surface area contributed by atoms with Gasteiger partial charge in [-0.1, -0.05) is 29.8 Å². The van der Waals surface area contributed by atoms with E-state index in [-0.39, 0.29) is 11.2 Å². The molecule has 2 heterocycles. The van der Waals surface area contributed by atoms with Gasteiger partial charge in [-0.15, -0.1) is 11.8 Å².